The highest BCUT2D eigenvalue weighted by Gasteiger charge is 2.10. The molecule has 0 aliphatic rings. The molecule has 18 heavy (non-hydrogen) atoms. The van der Waals surface area contributed by atoms with Crippen LogP contribution in [-0.2, 0) is 0 Å². The highest BCUT2D eigenvalue weighted by atomic mass is 16.3. The molecule has 0 saturated heterocycles. The van der Waals surface area contributed by atoms with Crippen molar-refractivity contribution in [3.05, 3.63) is 11.4 Å². The van der Waals surface area contributed by atoms with Crippen molar-refractivity contribution in [2.45, 2.75) is 46.6 Å². The Labute approximate surface area is 109 Å². The maximum absolute atomic E-state index is 8.92. The van der Waals surface area contributed by atoms with Crippen molar-refractivity contribution in [1.82, 2.24) is 9.97 Å². The molecule has 0 saturated carbocycles. The number of aryl methyl sites for hydroxylation is 1. The Bertz CT molecular complexity index is 381. The van der Waals surface area contributed by atoms with Gasteiger partial charge in [-0.3, -0.25) is 0 Å². The average molecular weight is 252 g/mol. The number of hydrogen-bond acceptors (Lipinski definition) is 5. The number of aliphatic hydroxyl groups excluding tert-OH is 1. The van der Waals surface area contributed by atoms with E-state index in [0.717, 1.165) is 36.0 Å². The third-order valence-electron chi connectivity index (χ3n) is 2.75. The van der Waals surface area contributed by atoms with Gasteiger partial charge in [-0.25, -0.2) is 9.97 Å². The molecule has 1 heterocycles. The second kappa shape index (κ2) is 7.16. The summed E-state index contributed by atoms with van der Waals surface area (Å²) in [7, 11) is 0. The molecule has 1 aromatic rings. The van der Waals surface area contributed by atoms with Gasteiger partial charge in [-0.1, -0.05) is 6.92 Å². The highest BCUT2D eigenvalue weighted by Crippen LogP contribution is 2.20. The third-order valence-corrected chi connectivity index (χ3v) is 2.75. The van der Waals surface area contributed by atoms with Crippen LogP contribution in [0.25, 0.3) is 0 Å². The van der Waals surface area contributed by atoms with Gasteiger partial charge >= 0.3 is 0 Å². The van der Waals surface area contributed by atoms with Gasteiger partial charge in [0.05, 0.1) is 0 Å². The Hall–Kier alpha value is -1.36. The molecule has 5 nitrogen and oxygen atoms in total. The molecule has 0 radical (unpaired) electrons. The number of aromatic nitrogens is 2. The van der Waals surface area contributed by atoms with Crippen LogP contribution in [-0.4, -0.2) is 34.3 Å². The summed E-state index contributed by atoms with van der Waals surface area (Å²) in [6.07, 6.45) is 1.77. The first-order valence-corrected chi connectivity index (χ1v) is 6.55. The van der Waals surface area contributed by atoms with Crippen molar-refractivity contribution >= 4 is 11.6 Å². The molecule has 1 unspecified atom stereocenters. The minimum atomic E-state index is 0.179. The topological polar surface area (TPSA) is 70.1 Å². The Morgan fingerprint density at radius 2 is 1.89 bits per heavy atom. The molecule has 0 fully saturated rings. The molecule has 1 aromatic heterocycles. The van der Waals surface area contributed by atoms with Crippen LogP contribution in [0.3, 0.4) is 0 Å². The lowest BCUT2D eigenvalue weighted by Gasteiger charge is -2.17. The van der Waals surface area contributed by atoms with Gasteiger partial charge in [-0.15, -0.1) is 0 Å². The lowest BCUT2D eigenvalue weighted by molar-refractivity contribution is 0.282. The summed E-state index contributed by atoms with van der Waals surface area (Å²) in [6.45, 7) is 9.14. The summed E-state index contributed by atoms with van der Waals surface area (Å²) in [5.41, 5.74) is 1.03. The van der Waals surface area contributed by atoms with Crippen molar-refractivity contribution in [1.29, 1.82) is 0 Å². The van der Waals surface area contributed by atoms with Crippen molar-refractivity contribution in [3.8, 4) is 0 Å². The van der Waals surface area contributed by atoms with Crippen molar-refractivity contribution < 1.29 is 5.11 Å². The SMILES string of the molecule is CCCNc1nc(C)nc(NC(C)CCO)c1C. The Kier molecular flexibility index (Phi) is 5.85. The second-order valence-electron chi connectivity index (χ2n) is 4.58. The normalized spacial score (nSPS) is 12.3. The fourth-order valence-corrected chi connectivity index (χ4v) is 1.68. The smallest absolute Gasteiger partial charge is 0.134 e. The van der Waals surface area contributed by atoms with E-state index in [1.807, 2.05) is 20.8 Å². The summed E-state index contributed by atoms with van der Waals surface area (Å²) >= 11 is 0. The minimum absolute atomic E-state index is 0.179. The molecule has 102 valence electrons. The molecule has 0 amide bonds. The van der Waals surface area contributed by atoms with Gasteiger partial charge in [0.2, 0.25) is 0 Å². The molecule has 0 bridgehead atoms. The molecule has 0 aliphatic heterocycles. The fraction of sp³-hybridized carbons (Fsp3) is 0.692. The fourth-order valence-electron chi connectivity index (χ4n) is 1.68. The lowest BCUT2D eigenvalue weighted by atomic mass is 10.2. The molecule has 5 heteroatoms. The number of anilines is 2. The van der Waals surface area contributed by atoms with Gasteiger partial charge in [0.25, 0.3) is 0 Å². The van der Waals surface area contributed by atoms with Crippen LogP contribution in [0.2, 0.25) is 0 Å². The van der Waals surface area contributed by atoms with Crippen molar-refractivity contribution in [2.75, 3.05) is 23.8 Å². The molecule has 0 spiro atoms. The lowest BCUT2D eigenvalue weighted by Crippen LogP contribution is -2.19. The highest BCUT2D eigenvalue weighted by molar-refractivity contribution is 5.57. The number of nitrogens with zero attached hydrogens (tertiary/aromatic N) is 2. The average Bonchev–Trinajstić information content (AvgIpc) is 2.31. The van der Waals surface area contributed by atoms with E-state index < -0.39 is 0 Å². The predicted molar refractivity (Wildman–Crippen MR) is 75.1 cm³/mol. The van der Waals surface area contributed by atoms with Crippen LogP contribution in [0.4, 0.5) is 11.6 Å². The van der Waals surface area contributed by atoms with Gasteiger partial charge in [-0.05, 0) is 33.6 Å². The van der Waals surface area contributed by atoms with Gasteiger partial charge in [0.15, 0.2) is 0 Å². The first-order chi connectivity index (χ1) is 8.58. The molecular formula is C13H24N4O. The van der Waals surface area contributed by atoms with Crippen molar-refractivity contribution in [3.63, 3.8) is 0 Å². The van der Waals surface area contributed by atoms with Crippen LogP contribution in [0, 0.1) is 13.8 Å². The molecule has 1 rings (SSSR count). The van der Waals surface area contributed by atoms with Gasteiger partial charge in [-0.2, -0.15) is 0 Å². The zero-order valence-electron chi connectivity index (χ0n) is 11.7. The zero-order valence-corrected chi connectivity index (χ0v) is 11.7. The Balaban J connectivity index is 2.86. The molecule has 0 aliphatic carbocycles. The van der Waals surface area contributed by atoms with Crippen molar-refractivity contribution in [2.24, 2.45) is 0 Å². The van der Waals surface area contributed by atoms with Gasteiger partial charge in [0.1, 0.15) is 17.5 Å². The summed E-state index contributed by atoms with van der Waals surface area (Å²) in [4.78, 5) is 8.83. The first-order valence-electron chi connectivity index (χ1n) is 6.55. The second-order valence-corrected chi connectivity index (χ2v) is 4.58. The van der Waals surface area contributed by atoms with Crippen LogP contribution in [0.15, 0.2) is 0 Å². The van der Waals surface area contributed by atoms with E-state index in [4.69, 9.17) is 5.11 Å². The quantitative estimate of drug-likeness (QED) is 0.693. The number of aliphatic hydroxyl groups is 1. The summed E-state index contributed by atoms with van der Waals surface area (Å²) in [5.74, 6) is 2.49. The van der Waals surface area contributed by atoms with E-state index in [2.05, 4.69) is 27.5 Å². The van der Waals surface area contributed by atoms with Crippen LogP contribution < -0.4 is 10.6 Å². The standard InChI is InChI=1S/C13H24N4O/c1-5-7-14-12-10(3)13(17-11(4)16-12)15-9(2)6-8-18/h9,18H,5-8H2,1-4H3,(H2,14,15,16,17). The van der Waals surface area contributed by atoms with Crippen LogP contribution in [0.5, 0.6) is 0 Å². The monoisotopic (exact) mass is 252 g/mol. The molecule has 3 N–H and O–H groups in total. The number of rotatable bonds is 7. The van der Waals surface area contributed by atoms with E-state index >= 15 is 0 Å². The summed E-state index contributed by atoms with van der Waals surface area (Å²) < 4.78 is 0. The van der Waals surface area contributed by atoms with Gasteiger partial charge < -0.3 is 15.7 Å². The maximum atomic E-state index is 8.92. The minimum Gasteiger partial charge on any atom is -0.396 e. The molecular weight excluding hydrogens is 228 g/mol. The van der Waals surface area contributed by atoms with Gasteiger partial charge in [0, 0.05) is 24.8 Å². The molecule has 1 atom stereocenters. The largest absolute Gasteiger partial charge is 0.396 e. The predicted octanol–water partition coefficient (Wildman–Crippen LogP) is 2.10. The van der Waals surface area contributed by atoms with E-state index in [-0.39, 0.29) is 12.6 Å². The van der Waals surface area contributed by atoms with Crippen LogP contribution in [0.1, 0.15) is 38.1 Å². The maximum Gasteiger partial charge on any atom is 0.134 e. The Morgan fingerprint density at radius 1 is 1.22 bits per heavy atom. The summed E-state index contributed by atoms with van der Waals surface area (Å²) in [5, 5.41) is 15.6. The van der Waals surface area contributed by atoms with E-state index in [1.54, 1.807) is 0 Å². The third kappa shape index (κ3) is 4.14. The first kappa shape index (κ1) is 14.7. The number of hydrogen-bond donors (Lipinski definition) is 3. The molecule has 0 aromatic carbocycles. The van der Waals surface area contributed by atoms with E-state index in [1.165, 1.54) is 0 Å². The Morgan fingerprint density at radius 3 is 2.50 bits per heavy atom. The van der Waals surface area contributed by atoms with Crippen LogP contribution >= 0.6 is 0 Å². The van der Waals surface area contributed by atoms with E-state index in [0.29, 0.717) is 6.42 Å². The van der Waals surface area contributed by atoms with E-state index in [9.17, 15) is 0 Å². The number of nitrogens with one attached hydrogen (secondary N) is 2. The zero-order chi connectivity index (χ0) is 13.5. The summed E-state index contributed by atoms with van der Waals surface area (Å²) in [6, 6.07) is 0.196.